The lowest BCUT2D eigenvalue weighted by Gasteiger charge is -2.34. The minimum absolute atomic E-state index is 0.00281. The van der Waals surface area contributed by atoms with Crippen LogP contribution in [0.1, 0.15) is 36.8 Å². The summed E-state index contributed by atoms with van der Waals surface area (Å²) in [5.74, 6) is 0.289. The largest absolute Gasteiger partial charge is 0.457 e. The van der Waals surface area contributed by atoms with E-state index in [1.165, 1.54) is 17.0 Å². The Hall–Kier alpha value is -5.12. The standard InChI is InChI=1S/C41H40ClN3O5S/c42-38-23-13-10-16-32(38)29-44(39(28-31-14-4-1-5-15-31)41(47)43-33-17-11-12-18-33)40(46)30-45(51(48,49)37-21-8-3-9-22-37)34-24-26-36(27-25-34)50-35-19-6-2-7-20-35/h1-10,13-16,19-27,33,39H,11-12,17-18,28-30H2,(H,43,47). The summed E-state index contributed by atoms with van der Waals surface area (Å²) < 4.78 is 35.7. The number of anilines is 1. The molecule has 5 aromatic rings. The first-order valence-corrected chi connectivity index (χ1v) is 18.9. The summed E-state index contributed by atoms with van der Waals surface area (Å²) >= 11 is 6.63. The van der Waals surface area contributed by atoms with Gasteiger partial charge < -0.3 is 15.0 Å². The smallest absolute Gasteiger partial charge is 0.264 e. The Bertz CT molecular complexity index is 2010. The topological polar surface area (TPSA) is 96.0 Å². The Labute approximate surface area is 304 Å². The number of nitrogens with one attached hydrogen (secondary N) is 1. The Balaban J connectivity index is 1.38. The number of amides is 2. The molecule has 8 nitrogen and oxygen atoms in total. The molecule has 0 spiro atoms. The van der Waals surface area contributed by atoms with E-state index in [9.17, 15) is 18.0 Å². The van der Waals surface area contributed by atoms with E-state index in [1.807, 2.05) is 66.7 Å². The molecule has 1 fully saturated rings. The first-order valence-electron chi connectivity index (χ1n) is 17.1. The third-order valence-electron chi connectivity index (χ3n) is 8.98. The van der Waals surface area contributed by atoms with Gasteiger partial charge in [0.2, 0.25) is 11.8 Å². The van der Waals surface area contributed by atoms with Crippen LogP contribution in [0.2, 0.25) is 5.02 Å². The third-order valence-corrected chi connectivity index (χ3v) is 11.1. The molecule has 1 aliphatic carbocycles. The molecule has 0 heterocycles. The number of rotatable bonds is 14. The minimum atomic E-state index is -4.24. The Morgan fingerprint density at radius 3 is 1.96 bits per heavy atom. The van der Waals surface area contributed by atoms with Crippen LogP contribution in [0.4, 0.5) is 5.69 Å². The molecule has 1 saturated carbocycles. The second-order valence-corrected chi connectivity index (χ2v) is 14.8. The van der Waals surface area contributed by atoms with Crippen molar-refractivity contribution in [2.45, 2.75) is 55.6 Å². The Morgan fingerprint density at radius 1 is 0.745 bits per heavy atom. The zero-order chi connectivity index (χ0) is 35.6. The number of para-hydroxylation sites is 1. The van der Waals surface area contributed by atoms with Crippen LogP contribution in [0.3, 0.4) is 0 Å². The fraction of sp³-hybridized carbons (Fsp3) is 0.220. The maximum absolute atomic E-state index is 14.8. The van der Waals surface area contributed by atoms with Crippen molar-refractivity contribution in [3.8, 4) is 11.5 Å². The van der Waals surface area contributed by atoms with E-state index in [0.717, 1.165) is 35.6 Å². The van der Waals surface area contributed by atoms with Gasteiger partial charge in [-0.05, 0) is 78.6 Å². The molecule has 1 unspecified atom stereocenters. The molecule has 10 heteroatoms. The predicted molar refractivity (Wildman–Crippen MR) is 200 cm³/mol. The van der Waals surface area contributed by atoms with Crippen molar-refractivity contribution in [3.63, 3.8) is 0 Å². The first-order chi connectivity index (χ1) is 24.8. The van der Waals surface area contributed by atoms with Gasteiger partial charge in [0.05, 0.1) is 10.6 Å². The van der Waals surface area contributed by atoms with E-state index in [4.69, 9.17) is 16.3 Å². The Morgan fingerprint density at radius 2 is 1.31 bits per heavy atom. The van der Waals surface area contributed by atoms with E-state index in [0.29, 0.717) is 22.1 Å². The average Bonchev–Trinajstić information content (AvgIpc) is 3.67. The number of ether oxygens (including phenoxy) is 1. The molecule has 0 aromatic heterocycles. The lowest BCUT2D eigenvalue weighted by atomic mass is 10.0. The Kier molecular flexibility index (Phi) is 11.7. The summed E-state index contributed by atoms with van der Waals surface area (Å²) in [6.45, 7) is -0.570. The van der Waals surface area contributed by atoms with Crippen molar-refractivity contribution in [2.24, 2.45) is 0 Å². The minimum Gasteiger partial charge on any atom is -0.457 e. The first kappa shape index (κ1) is 35.7. The zero-order valence-corrected chi connectivity index (χ0v) is 29.7. The van der Waals surface area contributed by atoms with Crippen molar-refractivity contribution in [1.82, 2.24) is 10.2 Å². The molecule has 0 radical (unpaired) electrons. The molecule has 2 amide bonds. The SMILES string of the molecule is O=C(NC1CCCC1)C(Cc1ccccc1)N(Cc1ccccc1Cl)C(=O)CN(c1ccc(Oc2ccccc2)cc1)S(=O)(=O)c1ccccc1. The van der Waals surface area contributed by atoms with Gasteiger partial charge in [-0.15, -0.1) is 0 Å². The lowest BCUT2D eigenvalue weighted by molar-refractivity contribution is -0.140. The van der Waals surface area contributed by atoms with Crippen LogP contribution in [0.25, 0.3) is 0 Å². The van der Waals surface area contributed by atoms with Crippen molar-refractivity contribution < 1.29 is 22.7 Å². The van der Waals surface area contributed by atoms with Gasteiger partial charge in [0.25, 0.3) is 10.0 Å². The molecular weight excluding hydrogens is 682 g/mol. The summed E-state index contributed by atoms with van der Waals surface area (Å²) in [5, 5.41) is 3.63. The van der Waals surface area contributed by atoms with Gasteiger partial charge in [-0.3, -0.25) is 13.9 Å². The van der Waals surface area contributed by atoms with Crippen LogP contribution in [0.5, 0.6) is 11.5 Å². The molecule has 0 saturated heterocycles. The van der Waals surface area contributed by atoms with Gasteiger partial charge in [-0.2, -0.15) is 0 Å². The molecule has 1 atom stereocenters. The summed E-state index contributed by atoms with van der Waals surface area (Å²) in [7, 11) is -4.24. The number of sulfonamides is 1. The summed E-state index contributed by atoms with van der Waals surface area (Å²) in [5.41, 5.74) is 1.77. The normalized spacial score (nSPS) is 13.7. The number of benzene rings is 5. The highest BCUT2D eigenvalue weighted by Gasteiger charge is 2.35. The highest BCUT2D eigenvalue weighted by Crippen LogP contribution is 2.29. The van der Waals surface area contributed by atoms with Crippen LogP contribution < -0.4 is 14.4 Å². The second kappa shape index (κ2) is 16.7. The molecular formula is C41H40ClN3O5S. The van der Waals surface area contributed by atoms with E-state index in [1.54, 1.807) is 60.7 Å². The quantitative estimate of drug-likeness (QED) is 0.125. The second-order valence-electron chi connectivity index (χ2n) is 12.5. The van der Waals surface area contributed by atoms with Crippen molar-refractivity contribution >= 4 is 39.1 Å². The average molecular weight is 722 g/mol. The molecule has 6 rings (SSSR count). The van der Waals surface area contributed by atoms with Gasteiger partial charge in [0, 0.05) is 24.0 Å². The summed E-state index contributed by atoms with van der Waals surface area (Å²) in [6, 6.07) is 39.5. The number of carbonyl (C=O) groups is 2. The van der Waals surface area contributed by atoms with Gasteiger partial charge in [0.1, 0.15) is 24.1 Å². The van der Waals surface area contributed by atoms with E-state index >= 15 is 0 Å². The van der Waals surface area contributed by atoms with Gasteiger partial charge >= 0.3 is 0 Å². The highest BCUT2D eigenvalue weighted by molar-refractivity contribution is 7.92. The number of hydrogen-bond donors (Lipinski definition) is 1. The van der Waals surface area contributed by atoms with Gasteiger partial charge in [0.15, 0.2) is 0 Å². The molecule has 0 aliphatic heterocycles. The van der Waals surface area contributed by atoms with Crippen LogP contribution >= 0.6 is 11.6 Å². The van der Waals surface area contributed by atoms with E-state index in [-0.39, 0.29) is 35.5 Å². The van der Waals surface area contributed by atoms with Gasteiger partial charge in [-0.1, -0.05) is 109 Å². The number of nitrogens with zero attached hydrogens (tertiary/aromatic N) is 2. The van der Waals surface area contributed by atoms with E-state index < -0.39 is 28.5 Å². The van der Waals surface area contributed by atoms with Crippen LogP contribution in [-0.4, -0.2) is 43.8 Å². The number of halogens is 1. The van der Waals surface area contributed by atoms with Crippen LogP contribution in [0, 0.1) is 0 Å². The summed E-state index contributed by atoms with van der Waals surface area (Å²) in [6.07, 6.45) is 4.02. The maximum Gasteiger partial charge on any atom is 0.264 e. The lowest BCUT2D eigenvalue weighted by Crippen LogP contribution is -2.54. The number of hydrogen-bond acceptors (Lipinski definition) is 5. The molecule has 51 heavy (non-hydrogen) atoms. The fourth-order valence-electron chi connectivity index (χ4n) is 6.29. The molecule has 0 bridgehead atoms. The van der Waals surface area contributed by atoms with Crippen molar-refractivity contribution in [3.05, 3.63) is 156 Å². The number of carbonyl (C=O) groups excluding carboxylic acids is 2. The summed E-state index contributed by atoms with van der Waals surface area (Å²) in [4.78, 5) is 30.5. The van der Waals surface area contributed by atoms with Crippen LogP contribution in [0.15, 0.2) is 144 Å². The van der Waals surface area contributed by atoms with Crippen molar-refractivity contribution in [2.75, 3.05) is 10.8 Å². The van der Waals surface area contributed by atoms with Gasteiger partial charge in [-0.25, -0.2) is 8.42 Å². The molecule has 5 aromatic carbocycles. The molecule has 262 valence electrons. The monoisotopic (exact) mass is 721 g/mol. The molecule has 1 aliphatic rings. The third kappa shape index (κ3) is 9.17. The van der Waals surface area contributed by atoms with Crippen LogP contribution in [-0.2, 0) is 32.6 Å². The van der Waals surface area contributed by atoms with Crippen molar-refractivity contribution in [1.29, 1.82) is 0 Å². The fourth-order valence-corrected chi connectivity index (χ4v) is 7.92. The zero-order valence-electron chi connectivity index (χ0n) is 28.1. The molecule has 1 N–H and O–H groups in total. The maximum atomic E-state index is 14.8. The highest BCUT2D eigenvalue weighted by atomic mass is 35.5. The predicted octanol–water partition coefficient (Wildman–Crippen LogP) is 8.03. The van der Waals surface area contributed by atoms with E-state index in [2.05, 4.69) is 5.32 Å².